The molecule has 122 valence electrons. The fourth-order valence-corrected chi connectivity index (χ4v) is 3.70. The minimum atomic E-state index is 0.236. The highest BCUT2D eigenvalue weighted by Crippen LogP contribution is 2.24. The maximum Gasteiger partial charge on any atom is 0.242 e. The molecule has 3 nitrogen and oxygen atoms in total. The Bertz CT molecular complexity index is 687. The van der Waals surface area contributed by atoms with Crippen LogP contribution in [0, 0.1) is 0 Å². The Morgan fingerprint density at radius 3 is 2.43 bits per heavy atom. The van der Waals surface area contributed by atoms with Crippen molar-refractivity contribution in [2.45, 2.75) is 45.2 Å². The number of benzene rings is 2. The average Bonchev–Trinajstić information content (AvgIpc) is 2.54. The first-order valence-corrected chi connectivity index (χ1v) is 8.57. The smallest absolute Gasteiger partial charge is 0.242 e. The monoisotopic (exact) mass is 310 g/mol. The van der Waals surface area contributed by atoms with Crippen molar-refractivity contribution in [3.05, 3.63) is 42.5 Å². The summed E-state index contributed by atoms with van der Waals surface area (Å²) in [6.45, 7) is 4.78. The quantitative estimate of drug-likeness (QED) is 0.853. The predicted octanol–water partition coefficient (Wildman–Crippen LogP) is 4.07. The van der Waals surface area contributed by atoms with Crippen molar-refractivity contribution in [1.29, 1.82) is 0 Å². The van der Waals surface area contributed by atoms with Crippen LogP contribution in [-0.2, 0) is 4.79 Å². The molecule has 1 heterocycles. The summed E-state index contributed by atoms with van der Waals surface area (Å²) >= 11 is 0. The van der Waals surface area contributed by atoms with Gasteiger partial charge in [-0.1, -0.05) is 30.3 Å². The molecule has 1 aliphatic heterocycles. The molecule has 1 amide bonds. The third-order valence-electron chi connectivity index (χ3n) is 5.03. The third-order valence-corrected chi connectivity index (χ3v) is 5.03. The predicted molar refractivity (Wildman–Crippen MR) is 96.8 cm³/mol. The molecule has 0 spiro atoms. The topological polar surface area (TPSA) is 23.6 Å². The van der Waals surface area contributed by atoms with E-state index in [1.165, 1.54) is 17.2 Å². The minimum absolute atomic E-state index is 0.236. The summed E-state index contributed by atoms with van der Waals surface area (Å²) in [5, 5.41) is 2.44. The van der Waals surface area contributed by atoms with Crippen molar-refractivity contribution < 1.29 is 4.79 Å². The van der Waals surface area contributed by atoms with Crippen LogP contribution in [-0.4, -0.2) is 36.5 Å². The van der Waals surface area contributed by atoms with E-state index < -0.39 is 0 Å². The van der Waals surface area contributed by atoms with Gasteiger partial charge in [-0.05, 0) is 56.0 Å². The van der Waals surface area contributed by atoms with Gasteiger partial charge in [-0.3, -0.25) is 4.79 Å². The number of hydrogen-bond acceptors (Lipinski definition) is 2. The van der Waals surface area contributed by atoms with Crippen molar-refractivity contribution >= 4 is 22.4 Å². The molecule has 0 unspecified atom stereocenters. The van der Waals surface area contributed by atoms with Gasteiger partial charge in [-0.15, -0.1) is 0 Å². The van der Waals surface area contributed by atoms with Gasteiger partial charge in [0.2, 0.25) is 5.91 Å². The van der Waals surface area contributed by atoms with E-state index in [2.05, 4.69) is 54.0 Å². The molecule has 0 saturated carbocycles. The first kappa shape index (κ1) is 15.9. The fourth-order valence-electron chi connectivity index (χ4n) is 3.70. The van der Waals surface area contributed by atoms with Crippen LogP contribution in [0.25, 0.3) is 10.8 Å². The molecular weight excluding hydrogens is 284 g/mol. The molecule has 0 bridgehead atoms. The van der Waals surface area contributed by atoms with Gasteiger partial charge in [0.15, 0.2) is 0 Å². The molecular formula is C20H26N2O. The summed E-state index contributed by atoms with van der Waals surface area (Å²) in [4.78, 5) is 16.9. The van der Waals surface area contributed by atoms with Crippen molar-refractivity contribution in [3.8, 4) is 0 Å². The number of likely N-dealkylation sites (N-methyl/N-ethyl adjacent to an activating group) is 1. The molecule has 2 atom stereocenters. The second-order valence-corrected chi connectivity index (χ2v) is 6.82. The van der Waals surface area contributed by atoms with E-state index in [4.69, 9.17) is 0 Å². The fraction of sp³-hybridized carbons (Fsp3) is 0.450. The highest BCUT2D eigenvalue weighted by atomic mass is 16.2. The SMILES string of the molecule is C[C@@H]1CCC[C@@H](C)N1C(=O)CN(C)c1ccc2ccccc2c1. The van der Waals surface area contributed by atoms with Crippen LogP contribution >= 0.6 is 0 Å². The van der Waals surface area contributed by atoms with E-state index in [-0.39, 0.29) is 5.91 Å². The van der Waals surface area contributed by atoms with Crippen LogP contribution in [0.15, 0.2) is 42.5 Å². The van der Waals surface area contributed by atoms with Crippen LogP contribution in [0.2, 0.25) is 0 Å². The van der Waals surface area contributed by atoms with Gasteiger partial charge in [-0.2, -0.15) is 0 Å². The molecule has 1 fully saturated rings. The lowest BCUT2D eigenvalue weighted by atomic mass is 9.97. The van der Waals surface area contributed by atoms with Gasteiger partial charge in [-0.25, -0.2) is 0 Å². The lowest BCUT2D eigenvalue weighted by Crippen LogP contribution is -2.50. The lowest BCUT2D eigenvalue weighted by molar-refractivity contribution is -0.135. The molecule has 2 aromatic rings. The summed E-state index contributed by atoms with van der Waals surface area (Å²) in [6, 6.07) is 15.4. The second kappa shape index (κ2) is 6.61. The highest BCUT2D eigenvalue weighted by molar-refractivity contribution is 5.87. The van der Waals surface area contributed by atoms with Gasteiger partial charge in [0.05, 0.1) is 6.54 Å². The molecule has 1 aliphatic rings. The zero-order valence-corrected chi connectivity index (χ0v) is 14.3. The molecule has 0 aliphatic carbocycles. The number of likely N-dealkylation sites (tertiary alicyclic amines) is 1. The number of carbonyl (C=O) groups excluding carboxylic acids is 1. The maximum absolute atomic E-state index is 12.8. The number of amides is 1. The summed E-state index contributed by atoms with van der Waals surface area (Å²) in [6.07, 6.45) is 3.47. The largest absolute Gasteiger partial charge is 0.365 e. The molecule has 23 heavy (non-hydrogen) atoms. The Morgan fingerprint density at radius 1 is 1.09 bits per heavy atom. The first-order chi connectivity index (χ1) is 11.1. The Balaban J connectivity index is 1.74. The van der Waals surface area contributed by atoms with Gasteiger partial charge in [0.25, 0.3) is 0 Å². The number of carbonyl (C=O) groups is 1. The molecule has 3 rings (SSSR count). The summed E-state index contributed by atoms with van der Waals surface area (Å²) in [5.74, 6) is 0.236. The van der Waals surface area contributed by atoms with Crippen LogP contribution in [0.1, 0.15) is 33.1 Å². The number of rotatable bonds is 3. The van der Waals surface area contributed by atoms with E-state index in [1.54, 1.807) is 0 Å². The summed E-state index contributed by atoms with van der Waals surface area (Å²) in [7, 11) is 2.00. The molecule has 3 heteroatoms. The number of fused-ring (bicyclic) bond motifs is 1. The molecule has 1 saturated heterocycles. The maximum atomic E-state index is 12.8. The first-order valence-electron chi connectivity index (χ1n) is 8.57. The average molecular weight is 310 g/mol. The van der Waals surface area contributed by atoms with E-state index in [0.717, 1.165) is 18.5 Å². The zero-order valence-electron chi connectivity index (χ0n) is 14.3. The number of anilines is 1. The molecule has 0 radical (unpaired) electrons. The van der Waals surface area contributed by atoms with Crippen molar-refractivity contribution in [3.63, 3.8) is 0 Å². The lowest BCUT2D eigenvalue weighted by Gasteiger charge is -2.40. The zero-order chi connectivity index (χ0) is 16.4. The molecule has 0 aromatic heterocycles. The Hall–Kier alpha value is -2.03. The number of piperidine rings is 1. The summed E-state index contributed by atoms with van der Waals surface area (Å²) in [5.41, 5.74) is 1.09. The summed E-state index contributed by atoms with van der Waals surface area (Å²) < 4.78 is 0. The van der Waals surface area contributed by atoms with E-state index in [1.807, 2.05) is 19.2 Å². The minimum Gasteiger partial charge on any atom is -0.365 e. The van der Waals surface area contributed by atoms with Gasteiger partial charge in [0.1, 0.15) is 0 Å². The number of nitrogens with zero attached hydrogens (tertiary/aromatic N) is 2. The van der Waals surface area contributed by atoms with Gasteiger partial charge >= 0.3 is 0 Å². The Labute approximate surface area is 138 Å². The van der Waals surface area contributed by atoms with Crippen molar-refractivity contribution in [2.75, 3.05) is 18.5 Å². The van der Waals surface area contributed by atoms with Crippen molar-refractivity contribution in [2.24, 2.45) is 0 Å². The third kappa shape index (κ3) is 3.34. The van der Waals surface area contributed by atoms with E-state index in [9.17, 15) is 4.79 Å². The van der Waals surface area contributed by atoms with Gasteiger partial charge < -0.3 is 9.80 Å². The van der Waals surface area contributed by atoms with Crippen molar-refractivity contribution in [1.82, 2.24) is 4.90 Å². The normalized spacial score (nSPS) is 21.4. The molecule has 2 aromatic carbocycles. The van der Waals surface area contributed by atoms with Crippen LogP contribution in [0.4, 0.5) is 5.69 Å². The Morgan fingerprint density at radius 2 is 1.74 bits per heavy atom. The number of hydrogen-bond donors (Lipinski definition) is 0. The van der Waals surface area contributed by atoms with Gasteiger partial charge in [0, 0.05) is 24.8 Å². The highest BCUT2D eigenvalue weighted by Gasteiger charge is 2.29. The standard InChI is InChI=1S/C20H26N2O/c1-15-7-6-8-16(2)22(15)20(23)14-21(3)19-12-11-17-9-4-5-10-18(17)13-19/h4-5,9-13,15-16H,6-8,14H2,1-3H3/t15-,16-/m1/s1. The Kier molecular flexibility index (Phi) is 4.56. The second-order valence-electron chi connectivity index (χ2n) is 6.82. The van der Waals surface area contributed by atoms with E-state index >= 15 is 0 Å². The van der Waals surface area contributed by atoms with E-state index in [0.29, 0.717) is 18.6 Å². The van der Waals surface area contributed by atoms with Crippen LogP contribution in [0.5, 0.6) is 0 Å². The van der Waals surface area contributed by atoms with Crippen LogP contribution in [0.3, 0.4) is 0 Å². The molecule has 0 N–H and O–H groups in total. The van der Waals surface area contributed by atoms with Crippen LogP contribution < -0.4 is 4.90 Å².